The summed E-state index contributed by atoms with van der Waals surface area (Å²) in [4.78, 5) is 4.38. The zero-order valence-corrected chi connectivity index (χ0v) is 15.3. The number of nitrogens with zero attached hydrogens (tertiary/aromatic N) is 4. The van der Waals surface area contributed by atoms with E-state index in [9.17, 15) is 4.39 Å². The summed E-state index contributed by atoms with van der Waals surface area (Å²) in [5.41, 5.74) is 3.69. The number of nitrogens with one attached hydrogen (secondary N) is 2. The Balaban J connectivity index is 1.43. The van der Waals surface area contributed by atoms with Crippen molar-refractivity contribution in [3.05, 3.63) is 42.2 Å². The second-order valence-corrected chi connectivity index (χ2v) is 7.78. The van der Waals surface area contributed by atoms with Gasteiger partial charge in [-0.05, 0) is 62.9 Å². The number of aryl methyl sites for hydroxylation is 1. The summed E-state index contributed by atoms with van der Waals surface area (Å²) in [6, 6.07) is 9.98. The molecule has 27 heavy (non-hydrogen) atoms. The molecule has 3 heterocycles. The molecule has 0 spiro atoms. The number of alkyl halides is 1. The van der Waals surface area contributed by atoms with Gasteiger partial charge in [0, 0.05) is 23.8 Å². The number of hydrogen-bond donors (Lipinski definition) is 2. The lowest BCUT2D eigenvalue weighted by atomic mass is 9.73. The lowest BCUT2D eigenvalue weighted by Crippen LogP contribution is -2.38. The fourth-order valence-corrected chi connectivity index (χ4v) is 4.15. The van der Waals surface area contributed by atoms with E-state index in [-0.39, 0.29) is 0 Å². The molecule has 1 aliphatic carbocycles. The van der Waals surface area contributed by atoms with Gasteiger partial charge in [-0.15, -0.1) is 0 Å². The van der Waals surface area contributed by atoms with Crippen LogP contribution in [-0.2, 0) is 6.54 Å². The third kappa shape index (κ3) is 2.83. The zero-order valence-electron chi connectivity index (χ0n) is 15.3. The molecule has 138 valence electrons. The highest BCUT2D eigenvalue weighted by Gasteiger charge is 2.40. The molecule has 0 unspecified atom stereocenters. The van der Waals surface area contributed by atoms with Gasteiger partial charge >= 0.3 is 0 Å². The number of pyridine rings is 1. The van der Waals surface area contributed by atoms with Gasteiger partial charge in [0.1, 0.15) is 11.2 Å². The first-order valence-corrected chi connectivity index (χ1v) is 9.21. The largest absolute Gasteiger partial charge is 0.337 e. The van der Waals surface area contributed by atoms with Gasteiger partial charge in [-0.25, -0.2) is 4.39 Å². The van der Waals surface area contributed by atoms with Crippen molar-refractivity contribution in [1.82, 2.24) is 25.0 Å². The van der Waals surface area contributed by atoms with E-state index < -0.39 is 5.67 Å². The minimum absolute atomic E-state index is 0.363. The van der Waals surface area contributed by atoms with Crippen LogP contribution in [0.3, 0.4) is 0 Å². The summed E-state index contributed by atoms with van der Waals surface area (Å²) in [5, 5.41) is 16.4. The van der Waals surface area contributed by atoms with Crippen LogP contribution >= 0.6 is 0 Å². The van der Waals surface area contributed by atoms with Crippen LogP contribution in [-0.4, -0.2) is 30.6 Å². The molecule has 1 fully saturated rings. The summed E-state index contributed by atoms with van der Waals surface area (Å²) in [6.45, 7) is 4.46. The van der Waals surface area contributed by atoms with Crippen molar-refractivity contribution in [2.75, 3.05) is 5.32 Å². The average molecular weight is 364 g/mol. The molecule has 0 atom stereocenters. The van der Waals surface area contributed by atoms with E-state index in [4.69, 9.17) is 0 Å². The Labute approximate surface area is 155 Å². The maximum absolute atomic E-state index is 13.8. The van der Waals surface area contributed by atoms with E-state index in [1.807, 2.05) is 29.8 Å². The van der Waals surface area contributed by atoms with Crippen molar-refractivity contribution in [3.8, 4) is 0 Å². The van der Waals surface area contributed by atoms with Gasteiger partial charge in [-0.3, -0.25) is 14.8 Å². The fraction of sp³-hybridized carbons (Fsp3) is 0.350. The number of H-pyrrole nitrogens is 1. The molecule has 2 N–H and O–H groups in total. The highest BCUT2D eigenvalue weighted by atomic mass is 19.1. The first-order valence-electron chi connectivity index (χ1n) is 9.21. The lowest BCUT2D eigenvalue weighted by Gasteiger charge is -2.38. The van der Waals surface area contributed by atoms with Crippen molar-refractivity contribution >= 4 is 33.4 Å². The predicted molar refractivity (Wildman–Crippen MR) is 104 cm³/mol. The molecule has 0 amide bonds. The molecule has 5 rings (SSSR count). The summed E-state index contributed by atoms with van der Waals surface area (Å²) in [5.74, 6) is 1.06. The smallest absolute Gasteiger partial charge is 0.178 e. The monoisotopic (exact) mass is 364 g/mol. The Bertz CT molecular complexity index is 1130. The maximum atomic E-state index is 13.8. The second-order valence-electron chi connectivity index (χ2n) is 7.78. The third-order valence-electron chi connectivity index (χ3n) is 5.38. The van der Waals surface area contributed by atoms with Crippen LogP contribution < -0.4 is 5.32 Å². The Morgan fingerprint density at radius 1 is 1.33 bits per heavy atom. The SMILES string of the molecule is Cc1nn(CC2CC(C)(F)C2)c2ccc(Nc3n[nH]c4cccnc34)cc12. The van der Waals surface area contributed by atoms with Gasteiger partial charge in [0.15, 0.2) is 5.82 Å². The van der Waals surface area contributed by atoms with Crippen LogP contribution in [0.4, 0.5) is 15.9 Å². The van der Waals surface area contributed by atoms with Gasteiger partial charge in [-0.2, -0.15) is 10.2 Å². The minimum atomic E-state index is -1.000. The van der Waals surface area contributed by atoms with Crippen LogP contribution in [0, 0.1) is 12.8 Å². The molecule has 1 saturated carbocycles. The molecule has 0 aliphatic heterocycles. The van der Waals surface area contributed by atoms with E-state index in [0.29, 0.717) is 24.6 Å². The standard InChI is InChI=1S/C20H21FN6/c1-12-15-8-14(23-19-18-16(24-25-19)4-3-7-22-18)5-6-17(15)27(26-12)11-13-9-20(2,21)10-13/h3-8,13H,9-11H2,1-2H3,(H2,23,24,25). The predicted octanol–water partition coefficient (Wildman–Crippen LogP) is 4.50. The molecule has 0 radical (unpaired) electrons. The molecule has 4 aromatic rings. The van der Waals surface area contributed by atoms with Crippen LogP contribution in [0.2, 0.25) is 0 Å². The molecule has 1 aliphatic rings. The van der Waals surface area contributed by atoms with Gasteiger partial charge in [0.25, 0.3) is 0 Å². The van der Waals surface area contributed by atoms with Crippen molar-refractivity contribution in [1.29, 1.82) is 0 Å². The molecule has 1 aromatic carbocycles. The van der Waals surface area contributed by atoms with Crippen molar-refractivity contribution in [2.45, 2.75) is 38.9 Å². The molecular formula is C20H21FN6. The van der Waals surface area contributed by atoms with E-state index >= 15 is 0 Å². The van der Waals surface area contributed by atoms with Crippen molar-refractivity contribution in [3.63, 3.8) is 0 Å². The average Bonchev–Trinajstić information content (AvgIpc) is 3.15. The zero-order chi connectivity index (χ0) is 18.6. The lowest BCUT2D eigenvalue weighted by molar-refractivity contribution is 0.0162. The first kappa shape index (κ1) is 16.2. The quantitative estimate of drug-likeness (QED) is 0.559. The fourth-order valence-electron chi connectivity index (χ4n) is 4.15. The Morgan fingerprint density at radius 3 is 3.00 bits per heavy atom. The molecule has 6 nitrogen and oxygen atoms in total. The maximum Gasteiger partial charge on any atom is 0.178 e. The van der Waals surface area contributed by atoms with Crippen LogP contribution in [0.15, 0.2) is 36.5 Å². The summed E-state index contributed by atoms with van der Waals surface area (Å²) >= 11 is 0. The number of benzene rings is 1. The van der Waals surface area contributed by atoms with E-state index in [1.165, 1.54) is 0 Å². The van der Waals surface area contributed by atoms with Crippen molar-refractivity contribution < 1.29 is 4.39 Å². The number of aromatic amines is 1. The van der Waals surface area contributed by atoms with E-state index in [0.717, 1.165) is 39.9 Å². The summed E-state index contributed by atoms with van der Waals surface area (Å²) in [6.07, 6.45) is 2.99. The van der Waals surface area contributed by atoms with Crippen LogP contribution in [0.1, 0.15) is 25.5 Å². The second kappa shape index (κ2) is 5.77. The molecular weight excluding hydrogens is 343 g/mol. The normalized spacial score (nSPS) is 22.3. The van der Waals surface area contributed by atoms with E-state index in [1.54, 1.807) is 13.1 Å². The Kier molecular flexibility index (Phi) is 3.47. The first-order chi connectivity index (χ1) is 13.0. The van der Waals surface area contributed by atoms with Crippen LogP contribution in [0.5, 0.6) is 0 Å². The number of rotatable bonds is 4. The molecule has 7 heteroatoms. The highest BCUT2D eigenvalue weighted by Crippen LogP contribution is 2.42. The van der Waals surface area contributed by atoms with Gasteiger partial charge in [-0.1, -0.05) is 0 Å². The van der Waals surface area contributed by atoms with Crippen molar-refractivity contribution in [2.24, 2.45) is 5.92 Å². The summed E-state index contributed by atoms with van der Waals surface area (Å²) in [7, 11) is 0. The van der Waals surface area contributed by atoms with Gasteiger partial charge < -0.3 is 5.32 Å². The number of hydrogen-bond acceptors (Lipinski definition) is 4. The molecule has 0 saturated heterocycles. The Morgan fingerprint density at radius 2 is 2.19 bits per heavy atom. The Hall–Kier alpha value is -2.96. The number of halogens is 1. The van der Waals surface area contributed by atoms with E-state index in [2.05, 4.69) is 37.7 Å². The molecule has 3 aromatic heterocycles. The van der Waals surface area contributed by atoms with Crippen LogP contribution in [0.25, 0.3) is 21.9 Å². The highest BCUT2D eigenvalue weighted by molar-refractivity contribution is 5.90. The number of anilines is 2. The van der Waals surface area contributed by atoms with Gasteiger partial charge in [0.2, 0.25) is 0 Å². The topological polar surface area (TPSA) is 71.4 Å². The number of aromatic nitrogens is 5. The summed E-state index contributed by atoms with van der Waals surface area (Å²) < 4.78 is 15.8. The minimum Gasteiger partial charge on any atom is -0.337 e. The molecule has 0 bridgehead atoms. The third-order valence-corrected chi connectivity index (χ3v) is 5.38. The number of fused-ring (bicyclic) bond motifs is 2. The van der Waals surface area contributed by atoms with Gasteiger partial charge in [0.05, 0.1) is 16.7 Å².